The number of nitrogens with zero attached hydrogens (tertiary/aromatic N) is 3. The first kappa shape index (κ1) is 18.3. The fourth-order valence-corrected chi connectivity index (χ4v) is 3.87. The van der Waals surface area contributed by atoms with E-state index < -0.39 is 0 Å². The van der Waals surface area contributed by atoms with E-state index in [9.17, 15) is 0 Å². The summed E-state index contributed by atoms with van der Waals surface area (Å²) in [6.45, 7) is 6.29. The smallest absolute Gasteiger partial charge is 0.236 e. The van der Waals surface area contributed by atoms with Crippen molar-refractivity contribution in [3.8, 4) is 17.4 Å². The molecule has 1 N–H and O–H groups in total. The molecule has 7 nitrogen and oxygen atoms in total. The summed E-state index contributed by atoms with van der Waals surface area (Å²) >= 11 is 0. The molecule has 1 saturated heterocycles. The minimum atomic E-state index is 0.596. The first-order valence-corrected chi connectivity index (χ1v) is 9.79. The number of aromatic nitrogens is 3. The highest BCUT2D eigenvalue weighted by Crippen LogP contribution is 2.29. The van der Waals surface area contributed by atoms with Crippen LogP contribution in [0.1, 0.15) is 29.7 Å². The second-order valence-corrected chi connectivity index (χ2v) is 7.28. The Balaban J connectivity index is 1.63. The molecule has 146 valence electrons. The highest BCUT2D eigenvalue weighted by atomic mass is 16.5. The normalized spacial score (nSPS) is 18.0. The van der Waals surface area contributed by atoms with Gasteiger partial charge in [-0.1, -0.05) is 0 Å². The van der Waals surface area contributed by atoms with Crippen molar-refractivity contribution in [2.45, 2.75) is 32.6 Å². The number of hydrogen-bond acceptors (Lipinski definition) is 6. The average molecular weight is 372 g/mol. The second kappa shape index (κ2) is 8.27. The molecule has 0 bridgehead atoms. The zero-order valence-electron chi connectivity index (χ0n) is 16.2. The number of rotatable bonds is 5. The largest absolute Gasteiger partial charge is 0.481 e. The van der Waals surface area contributed by atoms with Gasteiger partial charge < -0.3 is 19.5 Å². The number of piperidine rings is 1. The molecular weight excluding hydrogens is 344 g/mol. The predicted octanol–water partition coefficient (Wildman–Crippen LogP) is 2.08. The lowest BCUT2D eigenvalue weighted by molar-refractivity contribution is 0.144. The lowest BCUT2D eigenvalue weighted by Gasteiger charge is -2.22. The van der Waals surface area contributed by atoms with Crippen LogP contribution in [0.3, 0.4) is 0 Å². The van der Waals surface area contributed by atoms with Crippen LogP contribution in [-0.2, 0) is 17.6 Å². The van der Waals surface area contributed by atoms with Gasteiger partial charge >= 0.3 is 0 Å². The van der Waals surface area contributed by atoms with Crippen LogP contribution in [0.4, 0.5) is 0 Å². The zero-order valence-corrected chi connectivity index (χ0v) is 16.2. The standard InChI is InChI=1S/C20H28N4O3/c1-14-11-16(12-22-19(14)25-2)24-18-6-10-26-9-5-17(18)20(23-24)27-13-15-3-7-21-8-4-15/h11-12,15,21H,3-10,13H2,1-2H3. The number of hydrogen-bond donors (Lipinski definition) is 1. The van der Waals surface area contributed by atoms with Crippen molar-refractivity contribution in [1.82, 2.24) is 20.1 Å². The van der Waals surface area contributed by atoms with Crippen molar-refractivity contribution in [3.63, 3.8) is 0 Å². The maximum absolute atomic E-state index is 6.22. The quantitative estimate of drug-likeness (QED) is 0.867. The maximum atomic E-state index is 6.22. The SMILES string of the molecule is COc1ncc(-n2nc(OCC3CCNCC3)c3c2CCOCC3)cc1C. The van der Waals surface area contributed by atoms with Gasteiger partial charge in [-0.3, -0.25) is 0 Å². The van der Waals surface area contributed by atoms with E-state index in [-0.39, 0.29) is 0 Å². The minimum absolute atomic E-state index is 0.596. The molecule has 4 rings (SSSR count). The third-order valence-corrected chi connectivity index (χ3v) is 5.40. The Labute approximate surface area is 160 Å². The molecule has 0 aromatic carbocycles. The van der Waals surface area contributed by atoms with Gasteiger partial charge in [0.25, 0.3) is 0 Å². The number of pyridine rings is 1. The molecule has 0 atom stereocenters. The summed E-state index contributed by atoms with van der Waals surface area (Å²) in [5.41, 5.74) is 4.26. The fourth-order valence-electron chi connectivity index (χ4n) is 3.87. The molecule has 2 aromatic heterocycles. The van der Waals surface area contributed by atoms with Gasteiger partial charge in [0, 0.05) is 24.0 Å². The van der Waals surface area contributed by atoms with E-state index in [4.69, 9.17) is 19.3 Å². The molecule has 27 heavy (non-hydrogen) atoms. The average Bonchev–Trinajstić information content (AvgIpc) is 2.87. The highest BCUT2D eigenvalue weighted by molar-refractivity contribution is 5.43. The minimum Gasteiger partial charge on any atom is -0.481 e. The highest BCUT2D eigenvalue weighted by Gasteiger charge is 2.24. The van der Waals surface area contributed by atoms with Crippen LogP contribution in [0.5, 0.6) is 11.8 Å². The first-order valence-electron chi connectivity index (χ1n) is 9.79. The Bertz CT molecular complexity index is 784. The number of fused-ring (bicyclic) bond motifs is 1. The topological polar surface area (TPSA) is 70.4 Å². The summed E-state index contributed by atoms with van der Waals surface area (Å²) in [5.74, 6) is 1.99. The summed E-state index contributed by atoms with van der Waals surface area (Å²) < 4.78 is 19.2. The second-order valence-electron chi connectivity index (χ2n) is 7.28. The van der Waals surface area contributed by atoms with Gasteiger partial charge in [0.1, 0.15) is 0 Å². The van der Waals surface area contributed by atoms with Gasteiger partial charge in [0.05, 0.1) is 44.5 Å². The van der Waals surface area contributed by atoms with Crippen LogP contribution in [0, 0.1) is 12.8 Å². The Morgan fingerprint density at radius 2 is 2.04 bits per heavy atom. The summed E-state index contributed by atoms with van der Waals surface area (Å²) in [6.07, 6.45) is 5.78. The van der Waals surface area contributed by atoms with Gasteiger partial charge in [-0.15, -0.1) is 5.10 Å². The van der Waals surface area contributed by atoms with E-state index in [0.717, 1.165) is 62.5 Å². The van der Waals surface area contributed by atoms with Crippen LogP contribution in [0.25, 0.3) is 5.69 Å². The van der Waals surface area contributed by atoms with Crippen LogP contribution >= 0.6 is 0 Å². The van der Waals surface area contributed by atoms with Gasteiger partial charge in [0.2, 0.25) is 11.8 Å². The Morgan fingerprint density at radius 1 is 1.22 bits per heavy atom. The fraction of sp³-hybridized carbons (Fsp3) is 0.600. The first-order chi connectivity index (χ1) is 13.3. The molecule has 2 aliphatic rings. The molecule has 7 heteroatoms. The lowest BCUT2D eigenvalue weighted by atomic mass is 9.99. The van der Waals surface area contributed by atoms with Crippen LogP contribution in [0.2, 0.25) is 0 Å². The van der Waals surface area contributed by atoms with Gasteiger partial charge in [-0.2, -0.15) is 0 Å². The van der Waals surface area contributed by atoms with Gasteiger partial charge in [0.15, 0.2) is 0 Å². The van der Waals surface area contributed by atoms with E-state index in [1.165, 1.54) is 11.3 Å². The maximum Gasteiger partial charge on any atom is 0.236 e. The molecule has 2 aromatic rings. The molecule has 4 heterocycles. The molecule has 2 aliphatic heterocycles. The van der Waals surface area contributed by atoms with Crippen molar-refractivity contribution < 1.29 is 14.2 Å². The molecule has 0 saturated carbocycles. The van der Waals surface area contributed by atoms with Gasteiger partial charge in [-0.05, 0) is 44.8 Å². The van der Waals surface area contributed by atoms with E-state index in [2.05, 4.69) is 16.4 Å². The zero-order chi connectivity index (χ0) is 18.6. The Hall–Kier alpha value is -2.12. The van der Waals surface area contributed by atoms with Crippen LogP contribution in [-0.4, -0.2) is 54.8 Å². The van der Waals surface area contributed by atoms with Crippen molar-refractivity contribution in [1.29, 1.82) is 0 Å². The van der Waals surface area contributed by atoms with Gasteiger partial charge in [-0.25, -0.2) is 9.67 Å². The molecule has 0 amide bonds. The molecule has 1 fully saturated rings. The predicted molar refractivity (Wildman–Crippen MR) is 102 cm³/mol. The van der Waals surface area contributed by atoms with Crippen molar-refractivity contribution in [2.24, 2.45) is 5.92 Å². The Morgan fingerprint density at radius 3 is 2.81 bits per heavy atom. The van der Waals surface area contributed by atoms with E-state index in [0.29, 0.717) is 25.0 Å². The van der Waals surface area contributed by atoms with Crippen LogP contribution in [0.15, 0.2) is 12.3 Å². The summed E-state index contributed by atoms with van der Waals surface area (Å²) in [5, 5.41) is 8.23. The summed E-state index contributed by atoms with van der Waals surface area (Å²) in [4.78, 5) is 4.41. The van der Waals surface area contributed by atoms with Crippen LogP contribution < -0.4 is 14.8 Å². The third-order valence-electron chi connectivity index (χ3n) is 5.40. The number of ether oxygens (including phenoxy) is 3. The summed E-state index contributed by atoms with van der Waals surface area (Å²) in [7, 11) is 1.64. The number of methoxy groups -OCH3 is 1. The van der Waals surface area contributed by atoms with Crippen molar-refractivity contribution >= 4 is 0 Å². The van der Waals surface area contributed by atoms with E-state index >= 15 is 0 Å². The monoisotopic (exact) mass is 372 g/mol. The third kappa shape index (κ3) is 3.94. The molecule has 0 unspecified atom stereocenters. The molecule has 0 spiro atoms. The Kier molecular flexibility index (Phi) is 5.59. The number of nitrogens with one attached hydrogen (secondary N) is 1. The number of aryl methyl sites for hydroxylation is 1. The van der Waals surface area contributed by atoms with E-state index in [1.807, 2.05) is 11.6 Å². The molecule has 0 aliphatic carbocycles. The summed E-state index contributed by atoms with van der Waals surface area (Å²) in [6, 6.07) is 2.06. The van der Waals surface area contributed by atoms with Crippen molar-refractivity contribution in [3.05, 3.63) is 29.1 Å². The van der Waals surface area contributed by atoms with E-state index in [1.54, 1.807) is 13.3 Å². The van der Waals surface area contributed by atoms with Crippen molar-refractivity contribution in [2.75, 3.05) is 40.0 Å². The lowest BCUT2D eigenvalue weighted by Crippen LogP contribution is -2.30. The molecule has 0 radical (unpaired) electrons. The molecular formula is C20H28N4O3.